The average molecular weight is 261 g/mol. The largest absolute Gasteiger partial charge is 0.481 e. The van der Waals surface area contributed by atoms with Crippen LogP contribution in [0.1, 0.15) is 12.0 Å². The molecule has 0 unspecified atom stereocenters. The third-order valence-corrected chi connectivity index (χ3v) is 3.46. The van der Waals surface area contributed by atoms with Gasteiger partial charge in [-0.2, -0.15) is 5.10 Å². The fraction of sp³-hybridized carbons (Fsp3) is 0.556. The normalized spacial score (nSPS) is 11.6. The molecule has 0 aliphatic rings. The van der Waals surface area contributed by atoms with Crippen molar-refractivity contribution in [1.82, 2.24) is 14.5 Å². The lowest BCUT2D eigenvalue weighted by atomic mass is 10.3. The number of aliphatic carboxylic acids is 1. The highest BCUT2D eigenvalue weighted by Gasteiger charge is 2.11. The van der Waals surface area contributed by atoms with Crippen molar-refractivity contribution in [3.63, 3.8) is 0 Å². The second-order valence-corrected chi connectivity index (χ2v) is 5.56. The van der Waals surface area contributed by atoms with E-state index in [0.717, 1.165) is 5.56 Å². The van der Waals surface area contributed by atoms with E-state index in [-0.39, 0.29) is 13.0 Å². The average Bonchev–Trinajstić information content (AvgIpc) is 2.61. The molecular formula is C9H15N3O4S. The number of nitrogens with zero attached hydrogens (tertiary/aromatic N) is 2. The first kappa shape index (κ1) is 13.7. The Morgan fingerprint density at radius 3 is 2.82 bits per heavy atom. The Bertz CT molecular complexity index is 480. The summed E-state index contributed by atoms with van der Waals surface area (Å²) in [4.78, 5) is 10.2. The van der Waals surface area contributed by atoms with Gasteiger partial charge in [-0.1, -0.05) is 0 Å². The summed E-state index contributed by atoms with van der Waals surface area (Å²) in [5.41, 5.74) is 0.924. The van der Waals surface area contributed by atoms with Crippen LogP contribution in [0.25, 0.3) is 0 Å². The number of hydrogen-bond acceptors (Lipinski definition) is 4. The van der Waals surface area contributed by atoms with E-state index in [9.17, 15) is 13.2 Å². The van der Waals surface area contributed by atoms with Crippen molar-refractivity contribution in [2.24, 2.45) is 7.05 Å². The molecule has 0 aliphatic heterocycles. The van der Waals surface area contributed by atoms with Gasteiger partial charge in [-0.25, -0.2) is 13.1 Å². The number of aromatic nitrogens is 2. The van der Waals surface area contributed by atoms with Crippen molar-refractivity contribution >= 4 is 16.0 Å². The van der Waals surface area contributed by atoms with Crippen LogP contribution in [0.2, 0.25) is 0 Å². The van der Waals surface area contributed by atoms with Crippen LogP contribution in [-0.2, 0) is 28.3 Å². The lowest BCUT2D eigenvalue weighted by Gasteiger charge is -2.04. The monoisotopic (exact) mass is 261 g/mol. The number of sulfonamides is 1. The highest BCUT2D eigenvalue weighted by molar-refractivity contribution is 7.89. The van der Waals surface area contributed by atoms with Gasteiger partial charge in [0.1, 0.15) is 0 Å². The molecule has 0 spiro atoms. The molecule has 8 heteroatoms. The molecule has 0 radical (unpaired) electrons. The zero-order valence-corrected chi connectivity index (χ0v) is 10.3. The maximum Gasteiger partial charge on any atom is 0.304 e. The van der Waals surface area contributed by atoms with Crippen molar-refractivity contribution in [1.29, 1.82) is 0 Å². The first-order valence-corrected chi connectivity index (χ1v) is 6.71. The van der Waals surface area contributed by atoms with E-state index in [4.69, 9.17) is 5.11 Å². The minimum atomic E-state index is -3.50. The quantitative estimate of drug-likeness (QED) is 0.679. The molecule has 0 saturated heterocycles. The molecule has 1 aromatic heterocycles. The molecule has 0 amide bonds. The molecule has 1 heterocycles. The molecule has 0 aliphatic carbocycles. The van der Waals surface area contributed by atoms with E-state index >= 15 is 0 Å². The lowest BCUT2D eigenvalue weighted by molar-refractivity contribution is -0.136. The zero-order chi connectivity index (χ0) is 12.9. The van der Waals surface area contributed by atoms with E-state index in [1.54, 1.807) is 24.1 Å². The van der Waals surface area contributed by atoms with Crippen LogP contribution < -0.4 is 4.72 Å². The molecule has 0 aromatic carbocycles. The van der Waals surface area contributed by atoms with Crippen LogP contribution in [0.3, 0.4) is 0 Å². The van der Waals surface area contributed by atoms with Crippen LogP contribution in [0.5, 0.6) is 0 Å². The molecule has 2 N–H and O–H groups in total. The highest BCUT2D eigenvalue weighted by atomic mass is 32.2. The predicted molar refractivity (Wildman–Crippen MR) is 61.0 cm³/mol. The fourth-order valence-corrected chi connectivity index (χ4v) is 2.25. The third-order valence-electron chi connectivity index (χ3n) is 2.08. The maximum absolute atomic E-state index is 11.3. The molecule has 1 aromatic rings. The molecule has 0 saturated carbocycles. The second-order valence-electron chi connectivity index (χ2n) is 3.63. The Balaban J connectivity index is 2.32. The van der Waals surface area contributed by atoms with Crippen LogP contribution in [0.4, 0.5) is 0 Å². The van der Waals surface area contributed by atoms with E-state index in [2.05, 4.69) is 9.82 Å². The van der Waals surface area contributed by atoms with Gasteiger partial charge < -0.3 is 5.11 Å². The molecular weight excluding hydrogens is 246 g/mol. The zero-order valence-electron chi connectivity index (χ0n) is 9.46. The summed E-state index contributed by atoms with van der Waals surface area (Å²) in [7, 11) is -1.72. The van der Waals surface area contributed by atoms with Crippen molar-refractivity contribution in [2.45, 2.75) is 12.8 Å². The summed E-state index contributed by atoms with van der Waals surface area (Å²) in [5, 5.41) is 12.3. The standard InChI is InChI=1S/C9H15N3O4S/c1-12-7-8(6-10-12)2-4-11-17(15,16)5-3-9(13)14/h6-7,11H,2-5H2,1H3,(H,13,14). The van der Waals surface area contributed by atoms with Gasteiger partial charge in [0.05, 0.1) is 18.4 Å². The van der Waals surface area contributed by atoms with Gasteiger partial charge in [0, 0.05) is 19.8 Å². The number of carboxylic acid groups (broad SMARTS) is 1. The number of aryl methyl sites for hydroxylation is 1. The third kappa shape index (κ3) is 5.45. The van der Waals surface area contributed by atoms with Gasteiger partial charge in [-0.15, -0.1) is 0 Å². The van der Waals surface area contributed by atoms with Crippen LogP contribution in [0.15, 0.2) is 12.4 Å². The number of carbonyl (C=O) groups is 1. The Morgan fingerprint density at radius 1 is 1.59 bits per heavy atom. The molecule has 1 rings (SSSR count). The van der Waals surface area contributed by atoms with Gasteiger partial charge in [0.15, 0.2) is 0 Å². The topological polar surface area (TPSA) is 101 Å². The van der Waals surface area contributed by atoms with Crippen molar-refractivity contribution in [3.8, 4) is 0 Å². The van der Waals surface area contributed by atoms with Crippen LogP contribution in [-0.4, -0.2) is 41.6 Å². The summed E-state index contributed by atoms with van der Waals surface area (Å²) in [6, 6.07) is 0. The van der Waals surface area contributed by atoms with Crippen LogP contribution in [0, 0.1) is 0 Å². The van der Waals surface area contributed by atoms with Gasteiger partial charge in [0.2, 0.25) is 10.0 Å². The maximum atomic E-state index is 11.3. The number of rotatable bonds is 7. The summed E-state index contributed by atoms with van der Waals surface area (Å²) < 4.78 is 26.6. The van der Waals surface area contributed by atoms with Crippen molar-refractivity contribution in [3.05, 3.63) is 18.0 Å². The fourth-order valence-electron chi connectivity index (χ4n) is 1.25. The first-order valence-electron chi connectivity index (χ1n) is 5.06. The SMILES string of the molecule is Cn1cc(CCNS(=O)(=O)CCC(=O)O)cn1. The minimum Gasteiger partial charge on any atom is -0.481 e. The first-order chi connectivity index (χ1) is 7.89. The van der Waals surface area contributed by atoms with E-state index < -0.39 is 21.7 Å². The number of carboxylic acids is 1. The number of nitrogens with one attached hydrogen (secondary N) is 1. The smallest absolute Gasteiger partial charge is 0.304 e. The lowest BCUT2D eigenvalue weighted by Crippen LogP contribution is -2.29. The number of hydrogen-bond donors (Lipinski definition) is 2. The van der Waals surface area contributed by atoms with Gasteiger partial charge in [0.25, 0.3) is 0 Å². The molecule has 0 bridgehead atoms. The van der Waals surface area contributed by atoms with Gasteiger partial charge in [-0.05, 0) is 12.0 Å². The van der Waals surface area contributed by atoms with E-state index in [0.29, 0.717) is 6.42 Å². The molecule has 96 valence electrons. The van der Waals surface area contributed by atoms with Gasteiger partial charge in [-0.3, -0.25) is 9.48 Å². The summed E-state index contributed by atoms with van der Waals surface area (Å²) in [6.07, 6.45) is 3.60. The Hall–Kier alpha value is -1.41. The second kappa shape index (κ2) is 5.78. The molecule has 7 nitrogen and oxygen atoms in total. The summed E-state index contributed by atoms with van der Waals surface area (Å²) in [6.45, 7) is 0.244. The Kier molecular flexibility index (Phi) is 4.64. The van der Waals surface area contributed by atoms with Crippen molar-refractivity contribution in [2.75, 3.05) is 12.3 Å². The van der Waals surface area contributed by atoms with E-state index in [1.807, 2.05) is 0 Å². The van der Waals surface area contributed by atoms with Crippen molar-refractivity contribution < 1.29 is 18.3 Å². The van der Waals surface area contributed by atoms with E-state index in [1.165, 1.54) is 0 Å². The predicted octanol–water partition coefficient (Wildman–Crippen LogP) is -0.643. The summed E-state index contributed by atoms with van der Waals surface area (Å²) >= 11 is 0. The highest BCUT2D eigenvalue weighted by Crippen LogP contribution is 1.97. The van der Waals surface area contributed by atoms with Gasteiger partial charge >= 0.3 is 5.97 Å². The minimum absolute atomic E-state index is 0.244. The summed E-state index contributed by atoms with van der Waals surface area (Å²) in [5.74, 6) is -1.52. The van der Waals surface area contributed by atoms with Crippen LogP contribution >= 0.6 is 0 Å². The Morgan fingerprint density at radius 2 is 2.29 bits per heavy atom. The molecule has 17 heavy (non-hydrogen) atoms. The Labute approximate surface area is 99.5 Å². The molecule has 0 fully saturated rings. The molecule has 0 atom stereocenters.